The molecule has 2 aromatic carbocycles. The summed E-state index contributed by atoms with van der Waals surface area (Å²) in [7, 11) is 1.66. The molecular formula is C17H19BrO2. The molecule has 0 aliphatic heterocycles. The maximum absolute atomic E-state index is 10.1. The molecule has 3 heteroatoms. The number of methoxy groups -OCH3 is 1. The molecule has 1 N–H and O–H groups in total. The van der Waals surface area contributed by atoms with Crippen molar-refractivity contribution in [3.05, 3.63) is 64.1 Å². The fraction of sp³-hybridized carbons (Fsp3) is 0.294. The van der Waals surface area contributed by atoms with Crippen molar-refractivity contribution >= 4 is 15.9 Å². The average Bonchev–Trinajstić information content (AvgIpc) is 2.46. The van der Waals surface area contributed by atoms with Crippen LogP contribution in [0.1, 0.15) is 17.5 Å². The minimum Gasteiger partial charge on any atom is -0.497 e. The molecule has 2 aromatic rings. The van der Waals surface area contributed by atoms with E-state index in [0.717, 1.165) is 28.6 Å². The molecule has 1 unspecified atom stereocenters. The van der Waals surface area contributed by atoms with Crippen molar-refractivity contribution in [2.45, 2.75) is 25.4 Å². The Hall–Kier alpha value is -1.32. The summed E-state index contributed by atoms with van der Waals surface area (Å²) in [5.74, 6) is 0.864. The molecule has 0 fully saturated rings. The lowest BCUT2D eigenvalue weighted by Gasteiger charge is -2.11. The second-order valence-corrected chi connectivity index (χ2v) is 5.79. The standard InChI is InChI=1S/C17H19BrO2/c1-20-17-9-6-13(7-10-17)5-8-16(19)12-14-3-2-4-15(18)11-14/h2-4,6-7,9-11,16,19H,5,8,12H2,1H3. The van der Waals surface area contributed by atoms with E-state index in [0.29, 0.717) is 6.42 Å². The number of benzene rings is 2. The van der Waals surface area contributed by atoms with Crippen LogP contribution >= 0.6 is 15.9 Å². The molecule has 106 valence electrons. The van der Waals surface area contributed by atoms with E-state index in [1.165, 1.54) is 5.56 Å². The molecule has 0 spiro atoms. The van der Waals surface area contributed by atoms with Crippen LogP contribution < -0.4 is 4.74 Å². The largest absolute Gasteiger partial charge is 0.497 e. The van der Waals surface area contributed by atoms with E-state index in [2.05, 4.69) is 22.0 Å². The predicted octanol–water partition coefficient (Wildman–Crippen LogP) is 3.99. The van der Waals surface area contributed by atoms with Gasteiger partial charge in [0.15, 0.2) is 0 Å². The summed E-state index contributed by atoms with van der Waals surface area (Å²) >= 11 is 3.45. The van der Waals surface area contributed by atoms with Crippen molar-refractivity contribution in [1.82, 2.24) is 0 Å². The van der Waals surface area contributed by atoms with E-state index in [1.807, 2.05) is 42.5 Å². The summed E-state index contributed by atoms with van der Waals surface area (Å²) in [4.78, 5) is 0. The minimum atomic E-state index is -0.314. The Morgan fingerprint density at radius 3 is 2.50 bits per heavy atom. The molecule has 0 heterocycles. The number of aryl methyl sites for hydroxylation is 1. The Balaban J connectivity index is 1.83. The second kappa shape index (κ2) is 7.46. The Labute approximate surface area is 128 Å². The van der Waals surface area contributed by atoms with E-state index in [-0.39, 0.29) is 6.10 Å². The van der Waals surface area contributed by atoms with Gasteiger partial charge in [-0.2, -0.15) is 0 Å². The van der Waals surface area contributed by atoms with Gasteiger partial charge in [0, 0.05) is 4.47 Å². The first-order valence-electron chi connectivity index (χ1n) is 6.73. The first-order valence-corrected chi connectivity index (χ1v) is 7.52. The molecule has 0 amide bonds. The van der Waals surface area contributed by atoms with E-state index in [9.17, 15) is 5.11 Å². The minimum absolute atomic E-state index is 0.314. The van der Waals surface area contributed by atoms with Gasteiger partial charge in [-0.15, -0.1) is 0 Å². The summed E-state index contributed by atoms with van der Waals surface area (Å²) in [6.07, 6.45) is 2.01. The van der Waals surface area contributed by atoms with E-state index in [1.54, 1.807) is 7.11 Å². The van der Waals surface area contributed by atoms with Gasteiger partial charge in [0.25, 0.3) is 0 Å². The molecular weight excluding hydrogens is 316 g/mol. The highest BCUT2D eigenvalue weighted by atomic mass is 79.9. The lowest BCUT2D eigenvalue weighted by Crippen LogP contribution is -2.11. The summed E-state index contributed by atoms with van der Waals surface area (Å²) in [5, 5.41) is 10.1. The van der Waals surface area contributed by atoms with E-state index >= 15 is 0 Å². The highest BCUT2D eigenvalue weighted by Crippen LogP contribution is 2.16. The van der Waals surface area contributed by atoms with Gasteiger partial charge in [0.05, 0.1) is 13.2 Å². The zero-order chi connectivity index (χ0) is 14.4. The number of hydrogen-bond donors (Lipinski definition) is 1. The number of hydrogen-bond acceptors (Lipinski definition) is 2. The van der Waals surface area contributed by atoms with Crippen molar-refractivity contribution in [3.63, 3.8) is 0 Å². The Kier molecular flexibility index (Phi) is 5.62. The normalized spacial score (nSPS) is 12.2. The Bertz CT molecular complexity index is 537. The second-order valence-electron chi connectivity index (χ2n) is 4.87. The van der Waals surface area contributed by atoms with Crippen molar-refractivity contribution in [2.24, 2.45) is 0 Å². The van der Waals surface area contributed by atoms with Crippen molar-refractivity contribution in [1.29, 1.82) is 0 Å². The van der Waals surface area contributed by atoms with Crippen LogP contribution in [0.5, 0.6) is 5.75 Å². The quantitative estimate of drug-likeness (QED) is 0.865. The number of halogens is 1. The van der Waals surface area contributed by atoms with Gasteiger partial charge < -0.3 is 9.84 Å². The number of ether oxygens (including phenoxy) is 1. The van der Waals surface area contributed by atoms with E-state index < -0.39 is 0 Å². The van der Waals surface area contributed by atoms with Crippen LogP contribution in [0.2, 0.25) is 0 Å². The lowest BCUT2D eigenvalue weighted by atomic mass is 10.0. The van der Waals surface area contributed by atoms with Gasteiger partial charge in [-0.25, -0.2) is 0 Å². The number of aliphatic hydroxyl groups is 1. The molecule has 20 heavy (non-hydrogen) atoms. The zero-order valence-electron chi connectivity index (χ0n) is 11.6. The SMILES string of the molecule is COc1ccc(CCC(O)Cc2cccc(Br)c2)cc1. The summed E-state index contributed by atoms with van der Waals surface area (Å²) in [5.41, 5.74) is 2.38. The third-order valence-electron chi connectivity index (χ3n) is 3.29. The highest BCUT2D eigenvalue weighted by Gasteiger charge is 2.06. The highest BCUT2D eigenvalue weighted by molar-refractivity contribution is 9.10. The Morgan fingerprint density at radius 1 is 1.10 bits per heavy atom. The molecule has 2 nitrogen and oxygen atoms in total. The maximum atomic E-state index is 10.1. The zero-order valence-corrected chi connectivity index (χ0v) is 13.1. The monoisotopic (exact) mass is 334 g/mol. The van der Waals surface area contributed by atoms with Crippen LogP contribution in [0.25, 0.3) is 0 Å². The summed E-state index contributed by atoms with van der Waals surface area (Å²) < 4.78 is 6.18. The fourth-order valence-corrected chi connectivity index (χ4v) is 2.61. The molecule has 0 saturated heterocycles. The van der Waals surface area contributed by atoms with Gasteiger partial charge in [-0.1, -0.05) is 40.2 Å². The molecule has 0 radical (unpaired) electrons. The molecule has 0 aliphatic rings. The average molecular weight is 335 g/mol. The van der Waals surface area contributed by atoms with Gasteiger partial charge in [-0.3, -0.25) is 0 Å². The first kappa shape index (κ1) is 15.1. The van der Waals surface area contributed by atoms with Crippen LogP contribution in [-0.2, 0) is 12.8 Å². The van der Waals surface area contributed by atoms with Crippen LogP contribution in [0.15, 0.2) is 53.0 Å². The van der Waals surface area contributed by atoms with Crippen LogP contribution in [-0.4, -0.2) is 18.3 Å². The maximum Gasteiger partial charge on any atom is 0.118 e. The molecule has 0 bridgehead atoms. The fourth-order valence-electron chi connectivity index (χ4n) is 2.16. The van der Waals surface area contributed by atoms with Gasteiger partial charge in [0.1, 0.15) is 5.75 Å². The predicted molar refractivity (Wildman–Crippen MR) is 85.2 cm³/mol. The third kappa shape index (κ3) is 4.66. The van der Waals surface area contributed by atoms with Gasteiger partial charge in [0.2, 0.25) is 0 Å². The third-order valence-corrected chi connectivity index (χ3v) is 3.78. The number of aliphatic hydroxyl groups excluding tert-OH is 1. The molecule has 2 rings (SSSR count). The molecule has 0 saturated carbocycles. The van der Waals surface area contributed by atoms with Crippen molar-refractivity contribution in [3.8, 4) is 5.75 Å². The molecule has 0 aromatic heterocycles. The van der Waals surface area contributed by atoms with Gasteiger partial charge >= 0.3 is 0 Å². The van der Waals surface area contributed by atoms with E-state index in [4.69, 9.17) is 4.74 Å². The number of rotatable bonds is 6. The lowest BCUT2D eigenvalue weighted by molar-refractivity contribution is 0.165. The van der Waals surface area contributed by atoms with Crippen LogP contribution in [0.3, 0.4) is 0 Å². The van der Waals surface area contributed by atoms with Crippen molar-refractivity contribution < 1.29 is 9.84 Å². The first-order chi connectivity index (χ1) is 9.67. The summed E-state index contributed by atoms with van der Waals surface area (Å²) in [6, 6.07) is 16.1. The van der Waals surface area contributed by atoms with Gasteiger partial charge in [-0.05, 0) is 54.7 Å². The molecule has 1 atom stereocenters. The summed E-state index contributed by atoms with van der Waals surface area (Å²) in [6.45, 7) is 0. The topological polar surface area (TPSA) is 29.5 Å². The smallest absolute Gasteiger partial charge is 0.118 e. The Morgan fingerprint density at radius 2 is 1.85 bits per heavy atom. The van der Waals surface area contributed by atoms with Crippen LogP contribution in [0.4, 0.5) is 0 Å². The van der Waals surface area contributed by atoms with Crippen molar-refractivity contribution in [2.75, 3.05) is 7.11 Å². The molecule has 0 aliphatic carbocycles. The van der Waals surface area contributed by atoms with Crippen LogP contribution in [0, 0.1) is 0 Å².